The van der Waals surface area contributed by atoms with E-state index in [0.29, 0.717) is 16.8 Å². The van der Waals surface area contributed by atoms with E-state index < -0.39 is 0 Å². The first-order valence-corrected chi connectivity index (χ1v) is 10.4. The summed E-state index contributed by atoms with van der Waals surface area (Å²) in [6.07, 6.45) is 1.90. The molecule has 1 amide bonds. The van der Waals surface area contributed by atoms with E-state index >= 15 is 0 Å². The number of anilines is 1. The van der Waals surface area contributed by atoms with Crippen LogP contribution >= 0.6 is 0 Å². The number of para-hydroxylation sites is 1. The average Bonchev–Trinajstić information content (AvgIpc) is 3.23. The van der Waals surface area contributed by atoms with Gasteiger partial charge in [-0.05, 0) is 81.3 Å². The van der Waals surface area contributed by atoms with Gasteiger partial charge in [-0.2, -0.15) is 10.1 Å². The van der Waals surface area contributed by atoms with Crippen molar-refractivity contribution in [1.82, 2.24) is 4.57 Å². The molecule has 0 atom stereocenters. The number of hydrogen-bond donors (Lipinski definition) is 0. The summed E-state index contributed by atoms with van der Waals surface area (Å²) in [5.74, 6) is -0.499. The van der Waals surface area contributed by atoms with Crippen molar-refractivity contribution in [1.29, 1.82) is 0 Å². The third kappa shape index (κ3) is 3.64. The van der Waals surface area contributed by atoms with Gasteiger partial charge < -0.3 is 9.30 Å². The van der Waals surface area contributed by atoms with Crippen LogP contribution in [0.4, 0.5) is 5.69 Å². The minimum Gasteiger partial charge on any atom is -0.465 e. The molecular formula is C26H25N3O3. The van der Waals surface area contributed by atoms with Crippen LogP contribution < -0.4 is 5.01 Å². The molecule has 1 aromatic heterocycles. The number of amides is 1. The zero-order valence-electron chi connectivity index (χ0n) is 18.8. The van der Waals surface area contributed by atoms with E-state index in [1.807, 2.05) is 76.2 Å². The molecule has 0 fully saturated rings. The van der Waals surface area contributed by atoms with Crippen molar-refractivity contribution in [3.05, 3.63) is 88.2 Å². The monoisotopic (exact) mass is 427 g/mol. The molecule has 0 bridgehead atoms. The maximum atomic E-state index is 13.1. The van der Waals surface area contributed by atoms with Gasteiger partial charge in [-0.3, -0.25) is 4.79 Å². The Balaban J connectivity index is 1.72. The summed E-state index contributed by atoms with van der Waals surface area (Å²) >= 11 is 0. The number of benzene rings is 2. The minimum absolute atomic E-state index is 0.142. The predicted octanol–water partition coefficient (Wildman–Crippen LogP) is 5.00. The average molecular weight is 428 g/mol. The molecule has 0 saturated carbocycles. The van der Waals surface area contributed by atoms with Crippen LogP contribution in [-0.2, 0) is 9.53 Å². The second-order valence-electron chi connectivity index (χ2n) is 7.85. The van der Waals surface area contributed by atoms with E-state index in [9.17, 15) is 9.59 Å². The van der Waals surface area contributed by atoms with Gasteiger partial charge in [0.05, 0.1) is 29.6 Å². The Labute approximate surface area is 187 Å². The lowest BCUT2D eigenvalue weighted by molar-refractivity contribution is -0.114. The zero-order valence-corrected chi connectivity index (χ0v) is 18.8. The smallest absolute Gasteiger partial charge is 0.337 e. The van der Waals surface area contributed by atoms with Crippen molar-refractivity contribution in [2.24, 2.45) is 5.10 Å². The van der Waals surface area contributed by atoms with E-state index in [4.69, 9.17) is 4.74 Å². The second-order valence-corrected chi connectivity index (χ2v) is 7.85. The van der Waals surface area contributed by atoms with Crippen LogP contribution in [0.2, 0.25) is 0 Å². The highest BCUT2D eigenvalue weighted by Gasteiger charge is 2.29. The molecule has 6 heteroatoms. The molecule has 0 aliphatic carbocycles. The molecule has 2 aromatic carbocycles. The van der Waals surface area contributed by atoms with Gasteiger partial charge in [-0.15, -0.1) is 0 Å². The molecule has 0 unspecified atom stereocenters. The van der Waals surface area contributed by atoms with E-state index in [1.54, 1.807) is 6.07 Å². The third-order valence-corrected chi connectivity index (χ3v) is 5.69. The van der Waals surface area contributed by atoms with Crippen LogP contribution in [0.3, 0.4) is 0 Å². The Bertz CT molecular complexity index is 1280. The number of hydrogen-bond acceptors (Lipinski definition) is 4. The van der Waals surface area contributed by atoms with Gasteiger partial charge in [0, 0.05) is 17.1 Å². The van der Waals surface area contributed by atoms with Crippen LogP contribution in [-0.4, -0.2) is 29.3 Å². The topological polar surface area (TPSA) is 63.9 Å². The molecule has 4 rings (SSSR count). The number of hydrazone groups is 1. The fourth-order valence-electron chi connectivity index (χ4n) is 4.04. The number of aryl methyl sites for hydroxylation is 2. The van der Waals surface area contributed by atoms with Crippen molar-refractivity contribution in [2.75, 3.05) is 12.1 Å². The Morgan fingerprint density at radius 2 is 1.72 bits per heavy atom. The van der Waals surface area contributed by atoms with Gasteiger partial charge in [0.25, 0.3) is 5.91 Å². The lowest BCUT2D eigenvalue weighted by atomic mass is 10.1. The van der Waals surface area contributed by atoms with E-state index in [2.05, 4.69) is 15.7 Å². The SMILES string of the molecule is COC(=O)c1ccc(-n2c(C)cc(/C=C3/C(=O)N(c4ccccc4)N=C3C)c2C)c(C)c1. The molecule has 0 saturated heterocycles. The highest BCUT2D eigenvalue weighted by Crippen LogP contribution is 2.29. The van der Waals surface area contributed by atoms with Gasteiger partial charge in [-0.25, -0.2) is 4.79 Å². The Kier molecular flexibility index (Phi) is 5.53. The van der Waals surface area contributed by atoms with Crippen LogP contribution in [0.15, 0.2) is 65.3 Å². The molecule has 1 aliphatic heterocycles. The number of carbonyl (C=O) groups is 2. The van der Waals surface area contributed by atoms with Crippen LogP contribution in [0, 0.1) is 20.8 Å². The number of esters is 1. The summed E-state index contributed by atoms with van der Waals surface area (Å²) in [6, 6.07) is 17.0. The summed E-state index contributed by atoms with van der Waals surface area (Å²) in [4.78, 5) is 24.9. The van der Waals surface area contributed by atoms with E-state index in [1.165, 1.54) is 12.1 Å². The van der Waals surface area contributed by atoms with Gasteiger partial charge >= 0.3 is 5.97 Å². The Hall–Kier alpha value is -3.93. The maximum absolute atomic E-state index is 13.1. The van der Waals surface area contributed by atoms with E-state index in [-0.39, 0.29) is 11.9 Å². The highest BCUT2D eigenvalue weighted by molar-refractivity contribution is 6.32. The van der Waals surface area contributed by atoms with Crippen molar-refractivity contribution in [3.63, 3.8) is 0 Å². The zero-order chi connectivity index (χ0) is 23.0. The number of rotatable bonds is 4. The summed E-state index contributed by atoms with van der Waals surface area (Å²) < 4.78 is 6.95. The Morgan fingerprint density at radius 1 is 1.00 bits per heavy atom. The quantitative estimate of drug-likeness (QED) is 0.435. The minimum atomic E-state index is -0.358. The molecule has 2 heterocycles. The Morgan fingerprint density at radius 3 is 2.38 bits per heavy atom. The molecular weight excluding hydrogens is 402 g/mol. The standard InChI is InChI=1S/C26H25N3O3/c1-16-13-20(26(31)32-5)11-12-24(16)28-17(2)14-21(19(28)4)15-23-18(3)27-29(25(23)30)22-9-7-6-8-10-22/h6-15H,1-5H3/b23-15+. The normalized spacial score (nSPS) is 14.8. The number of ether oxygens (including phenoxy) is 1. The van der Waals surface area contributed by atoms with Crippen LogP contribution in [0.25, 0.3) is 11.8 Å². The largest absolute Gasteiger partial charge is 0.465 e. The van der Waals surface area contributed by atoms with Crippen molar-refractivity contribution in [2.45, 2.75) is 27.7 Å². The molecule has 6 nitrogen and oxygen atoms in total. The lowest BCUT2D eigenvalue weighted by Crippen LogP contribution is -2.21. The number of nitrogens with zero attached hydrogens (tertiary/aromatic N) is 3. The molecule has 3 aromatic rings. The lowest BCUT2D eigenvalue weighted by Gasteiger charge is -2.14. The summed E-state index contributed by atoms with van der Waals surface area (Å²) in [5, 5.41) is 5.90. The van der Waals surface area contributed by atoms with Gasteiger partial charge in [-0.1, -0.05) is 18.2 Å². The number of methoxy groups -OCH3 is 1. The summed E-state index contributed by atoms with van der Waals surface area (Å²) in [6.45, 7) is 7.86. The van der Waals surface area contributed by atoms with Crippen molar-refractivity contribution >= 4 is 29.4 Å². The van der Waals surface area contributed by atoms with Gasteiger partial charge in [0.15, 0.2) is 0 Å². The molecule has 0 radical (unpaired) electrons. The predicted molar refractivity (Wildman–Crippen MR) is 126 cm³/mol. The fraction of sp³-hybridized carbons (Fsp3) is 0.192. The first-order valence-electron chi connectivity index (χ1n) is 10.4. The molecule has 0 spiro atoms. The van der Waals surface area contributed by atoms with Crippen molar-refractivity contribution in [3.8, 4) is 5.69 Å². The second kappa shape index (κ2) is 8.30. The molecule has 0 N–H and O–H groups in total. The van der Waals surface area contributed by atoms with E-state index in [0.717, 1.165) is 33.9 Å². The first kappa shape index (κ1) is 21.3. The van der Waals surface area contributed by atoms with Crippen molar-refractivity contribution < 1.29 is 14.3 Å². The summed E-state index contributed by atoms with van der Waals surface area (Å²) in [5.41, 5.74) is 7.44. The molecule has 1 aliphatic rings. The third-order valence-electron chi connectivity index (χ3n) is 5.69. The maximum Gasteiger partial charge on any atom is 0.337 e. The van der Waals surface area contributed by atoms with Gasteiger partial charge in [0.1, 0.15) is 0 Å². The first-order chi connectivity index (χ1) is 15.3. The number of carbonyl (C=O) groups excluding carboxylic acids is 2. The van der Waals surface area contributed by atoms with Crippen LogP contribution in [0.5, 0.6) is 0 Å². The fourth-order valence-corrected chi connectivity index (χ4v) is 4.04. The van der Waals surface area contributed by atoms with Gasteiger partial charge in [0.2, 0.25) is 0 Å². The molecule has 162 valence electrons. The highest BCUT2D eigenvalue weighted by atomic mass is 16.5. The summed E-state index contributed by atoms with van der Waals surface area (Å²) in [7, 11) is 1.38. The van der Waals surface area contributed by atoms with Crippen LogP contribution in [0.1, 0.15) is 39.8 Å². The number of aromatic nitrogens is 1. The molecule has 32 heavy (non-hydrogen) atoms.